The van der Waals surface area contributed by atoms with E-state index < -0.39 is 24.0 Å². The lowest BCUT2D eigenvalue weighted by Crippen LogP contribution is -2.51. The van der Waals surface area contributed by atoms with Crippen LogP contribution >= 0.6 is 23.2 Å². The normalized spacial score (nSPS) is 13.1. The Labute approximate surface area is 184 Å². The van der Waals surface area contributed by atoms with Gasteiger partial charge in [-0.15, -0.1) is 0 Å². The van der Waals surface area contributed by atoms with E-state index in [9.17, 15) is 24.6 Å². The summed E-state index contributed by atoms with van der Waals surface area (Å²) in [4.78, 5) is 40.3. The molecule has 0 aliphatic heterocycles. The molecule has 2 N–H and O–H groups in total. The highest BCUT2D eigenvalue weighted by molar-refractivity contribution is 6.34. The smallest absolute Gasteiger partial charge is 0.326 e. The summed E-state index contributed by atoms with van der Waals surface area (Å²) >= 11 is 12.1. The van der Waals surface area contributed by atoms with Crippen LogP contribution in [0.5, 0.6) is 0 Å². The first-order valence-corrected chi connectivity index (χ1v) is 10.00. The highest BCUT2D eigenvalue weighted by Crippen LogP contribution is 2.21. The molecular weight excluding hydrogens is 433 g/mol. The molecule has 0 radical (unpaired) electrons. The largest absolute Gasteiger partial charge is 0.480 e. The lowest BCUT2D eigenvalue weighted by Gasteiger charge is -2.31. The average Bonchev–Trinajstić information content (AvgIpc) is 3.05. The Bertz CT molecular complexity index is 895. The molecular formula is C20H23Cl2N3O5. The van der Waals surface area contributed by atoms with Gasteiger partial charge in [-0.05, 0) is 36.1 Å². The summed E-state index contributed by atoms with van der Waals surface area (Å²) in [6.45, 7) is 3.94. The van der Waals surface area contributed by atoms with Crippen molar-refractivity contribution in [1.29, 1.82) is 0 Å². The van der Waals surface area contributed by atoms with Gasteiger partial charge in [0.05, 0.1) is 6.33 Å². The van der Waals surface area contributed by atoms with Gasteiger partial charge < -0.3 is 19.7 Å². The standard InChI is InChI=1S/C20H23Cl2N3O5/c1-12(2)3-17(19(27)28)25(11-26)18(20(29)30)7-16-8-23-10-24(16)9-13-4-14(21)6-15(22)5-13/h4-6,8,10-12,17-18H,3,7,9H2,1-2H3,(H,27,28)(H,29,30)/t17?,18-/m0/s1. The van der Waals surface area contributed by atoms with Crippen LogP contribution in [-0.2, 0) is 27.3 Å². The van der Waals surface area contributed by atoms with E-state index in [1.807, 2.05) is 0 Å². The highest BCUT2D eigenvalue weighted by atomic mass is 35.5. The molecule has 0 fully saturated rings. The average molecular weight is 456 g/mol. The van der Waals surface area contributed by atoms with E-state index in [-0.39, 0.29) is 25.2 Å². The Hall–Kier alpha value is -2.58. The number of halogens is 2. The molecule has 162 valence electrons. The van der Waals surface area contributed by atoms with Crippen molar-refractivity contribution in [1.82, 2.24) is 14.5 Å². The summed E-state index contributed by atoms with van der Waals surface area (Å²) in [5, 5.41) is 20.2. The summed E-state index contributed by atoms with van der Waals surface area (Å²) in [7, 11) is 0. The van der Waals surface area contributed by atoms with E-state index >= 15 is 0 Å². The second-order valence-electron chi connectivity index (χ2n) is 7.38. The molecule has 2 aromatic rings. The molecule has 8 nitrogen and oxygen atoms in total. The first kappa shape index (κ1) is 23.7. The fourth-order valence-electron chi connectivity index (χ4n) is 3.24. The van der Waals surface area contributed by atoms with E-state index in [2.05, 4.69) is 4.98 Å². The number of carboxylic acids is 2. The van der Waals surface area contributed by atoms with Crippen molar-refractivity contribution >= 4 is 41.6 Å². The van der Waals surface area contributed by atoms with Gasteiger partial charge in [0.1, 0.15) is 12.1 Å². The first-order valence-electron chi connectivity index (χ1n) is 9.24. The van der Waals surface area contributed by atoms with Gasteiger partial charge >= 0.3 is 11.9 Å². The molecule has 2 rings (SSSR count). The Morgan fingerprint density at radius 1 is 1.13 bits per heavy atom. The van der Waals surface area contributed by atoms with Gasteiger partial charge in [-0.25, -0.2) is 14.6 Å². The summed E-state index contributed by atoms with van der Waals surface area (Å²) in [6.07, 6.45) is 3.33. The van der Waals surface area contributed by atoms with E-state index in [0.717, 1.165) is 10.5 Å². The lowest BCUT2D eigenvalue weighted by molar-refractivity contribution is -0.155. The fraction of sp³-hybridized carbons (Fsp3) is 0.400. The molecule has 1 amide bonds. The molecule has 1 unspecified atom stereocenters. The summed E-state index contributed by atoms with van der Waals surface area (Å²) in [6, 6.07) is 2.46. The number of hydrogen-bond donors (Lipinski definition) is 2. The zero-order valence-electron chi connectivity index (χ0n) is 16.5. The van der Waals surface area contributed by atoms with Crippen LogP contribution in [0.15, 0.2) is 30.7 Å². The molecule has 1 heterocycles. The minimum atomic E-state index is -1.36. The molecule has 0 spiro atoms. The molecule has 0 aliphatic carbocycles. The maximum absolute atomic E-state index is 11.9. The minimum absolute atomic E-state index is 0.0406. The number of rotatable bonds is 11. The number of nitrogens with zero attached hydrogens (tertiary/aromatic N) is 3. The van der Waals surface area contributed by atoms with Crippen LogP contribution in [-0.4, -0.2) is 55.1 Å². The number of amides is 1. The monoisotopic (exact) mass is 455 g/mol. The number of carbonyl (C=O) groups is 3. The third-order valence-electron chi connectivity index (χ3n) is 4.58. The fourth-order valence-corrected chi connectivity index (χ4v) is 3.81. The second kappa shape index (κ2) is 10.4. The molecule has 1 aromatic carbocycles. The van der Waals surface area contributed by atoms with Gasteiger partial charge in [0.25, 0.3) is 0 Å². The van der Waals surface area contributed by atoms with Gasteiger partial charge in [0, 0.05) is 34.9 Å². The van der Waals surface area contributed by atoms with Crippen LogP contribution in [0.3, 0.4) is 0 Å². The SMILES string of the molecule is CC(C)CC(C(=O)O)N(C=O)[C@@H](Cc1cncn1Cc1cc(Cl)cc(Cl)c1)C(=O)O. The molecule has 0 bridgehead atoms. The molecule has 30 heavy (non-hydrogen) atoms. The van der Waals surface area contributed by atoms with Crippen molar-refractivity contribution in [3.8, 4) is 0 Å². The van der Waals surface area contributed by atoms with Crippen LogP contribution in [0.4, 0.5) is 0 Å². The predicted octanol–water partition coefficient (Wildman–Crippen LogP) is 3.19. The molecule has 0 saturated heterocycles. The third kappa shape index (κ3) is 6.21. The molecule has 10 heteroatoms. The Morgan fingerprint density at radius 3 is 2.23 bits per heavy atom. The number of benzene rings is 1. The van der Waals surface area contributed by atoms with Crippen molar-refractivity contribution in [3.05, 3.63) is 52.0 Å². The van der Waals surface area contributed by atoms with Gasteiger partial charge in [0.2, 0.25) is 6.41 Å². The zero-order chi connectivity index (χ0) is 22.4. The maximum atomic E-state index is 11.9. The maximum Gasteiger partial charge on any atom is 0.326 e. The van der Waals surface area contributed by atoms with Crippen molar-refractivity contribution in [2.45, 2.75) is 45.3 Å². The zero-order valence-corrected chi connectivity index (χ0v) is 18.0. The quantitative estimate of drug-likeness (QED) is 0.503. The number of imidazole rings is 1. The van der Waals surface area contributed by atoms with Crippen molar-refractivity contribution < 1.29 is 24.6 Å². The number of carboxylic acid groups (broad SMARTS) is 2. The van der Waals surface area contributed by atoms with Gasteiger partial charge in [0.15, 0.2) is 0 Å². The topological polar surface area (TPSA) is 113 Å². The van der Waals surface area contributed by atoms with Gasteiger partial charge in [-0.1, -0.05) is 37.0 Å². The van der Waals surface area contributed by atoms with Gasteiger partial charge in [-0.2, -0.15) is 0 Å². The second-order valence-corrected chi connectivity index (χ2v) is 8.26. The van der Waals surface area contributed by atoms with Gasteiger partial charge in [-0.3, -0.25) is 4.79 Å². The van der Waals surface area contributed by atoms with Crippen molar-refractivity contribution in [2.24, 2.45) is 5.92 Å². The lowest BCUT2D eigenvalue weighted by atomic mass is 10.00. The Kier molecular flexibility index (Phi) is 8.25. The highest BCUT2D eigenvalue weighted by Gasteiger charge is 2.35. The minimum Gasteiger partial charge on any atom is -0.480 e. The molecule has 2 atom stereocenters. The summed E-state index contributed by atoms with van der Waals surface area (Å²) in [5.41, 5.74) is 1.31. The molecule has 0 aliphatic rings. The Morgan fingerprint density at radius 2 is 1.73 bits per heavy atom. The number of aromatic nitrogens is 2. The van der Waals surface area contributed by atoms with Crippen molar-refractivity contribution in [3.63, 3.8) is 0 Å². The summed E-state index contributed by atoms with van der Waals surface area (Å²) < 4.78 is 1.71. The van der Waals surface area contributed by atoms with Crippen LogP contribution in [0.25, 0.3) is 0 Å². The van der Waals surface area contributed by atoms with Crippen LogP contribution < -0.4 is 0 Å². The number of carbonyl (C=O) groups excluding carboxylic acids is 1. The van der Waals surface area contributed by atoms with E-state index in [4.69, 9.17) is 23.2 Å². The summed E-state index contributed by atoms with van der Waals surface area (Å²) in [5.74, 6) is -2.58. The first-order chi connectivity index (χ1) is 14.1. The molecule has 0 saturated carbocycles. The van der Waals surface area contributed by atoms with Crippen LogP contribution in [0.2, 0.25) is 10.0 Å². The van der Waals surface area contributed by atoms with E-state index in [1.165, 1.54) is 12.5 Å². The number of hydrogen-bond acceptors (Lipinski definition) is 4. The van der Waals surface area contributed by atoms with Crippen molar-refractivity contribution in [2.75, 3.05) is 0 Å². The Balaban J connectivity index is 2.31. The van der Waals surface area contributed by atoms with E-state index in [1.54, 1.807) is 36.6 Å². The molecule has 1 aromatic heterocycles. The van der Waals surface area contributed by atoms with Crippen LogP contribution in [0.1, 0.15) is 31.5 Å². The number of aliphatic carboxylic acids is 2. The third-order valence-corrected chi connectivity index (χ3v) is 5.02. The van der Waals surface area contributed by atoms with E-state index in [0.29, 0.717) is 22.3 Å². The van der Waals surface area contributed by atoms with Crippen LogP contribution in [0, 0.1) is 5.92 Å². The predicted molar refractivity (Wildman–Crippen MR) is 112 cm³/mol.